The van der Waals surface area contributed by atoms with E-state index in [9.17, 15) is 4.79 Å². The molecule has 90 valence electrons. The van der Waals surface area contributed by atoms with Crippen molar-refractivity contribution < 1.29 is 4.79 Å². The molecule has 1 aromatic carbocycles. The average Bonchev–Trinajstić information content (AvgIpc) is 2.35. The topological polar surface area (TPSA) is 41.1 Å². The zero-order valence-corrected chi connectivity index (χ0v) is 10.3. The first-order valence-corrected chi connectivity index (χ1v) is 5.97. The van der Waals surface area contributed by atoms with Gasteiger partial charge in [-0.2, -0.15) is 0 Å². The molecule has 1 unspecified atom stereocenters. The third kappa shape index (κ3) is 3.01. The Morgan fingerprint density at radius 1 is 1.53 bits per heavy atom. The van der Waals surface area contributed by atoms with Crippen molar-refractivity contribution in [2.45, 2.75) is 6.42 Å². The molecular weight excluding hydrogens is 236 g/mol. The lowest BCUT2D eigenvalue weighted by Gasteiger charge is -2.25. The molecular formula is C13H15ClN2O. The van der Waals surface area contributed by atoms with E-state index in [2.05, 4.69) is 17.2 Å². The number of carbonyl (C=O) groups is 1. The van der Waals surface area contributed by atoms with Gasteiger partial charge < -0.3 is 10.6 Å². The highest BCUT2D eigenvalue weighted by Gasteiger charge is 2.23. The summed E-state index contributed by atoms with van der Waals surface area (Å²) in [5.41, 5.74) is 2.31. The quantitative estimate of drug-likeness (QED) is 0.863. The molecule has 1 aliphatic heterocycles. The van der Waals surface area contributed by atoms with Crippen LogP contribution in [-0.2, 0) is 11.2 Å². The second kappa shape index (κ2) is 5.23. The predicted octanol–water partition coefficient (Wildman–Crippen LogP) is 2.14. The number of fused-ring (bicyclic) bond motifs is 1. The van der Waals surface area contributed by atoms with Gasteiger partial charge in [0.05, 0.1) is 12.5 Å². The van der Waals surface area contributed by atoms with E-state index in [1.165, 1.54) is 5.56 Å². The summed E-state index contributed by atoms with van der Waals surface area (Å²) in [6.07, 6.45) is 0.768. The van der Waals surface area contributed by atoms with Crippen LogP contribution in [0.4, 0.5) is 5.69 Å². The SMILES string of the molecule is C=C(Cl)CNC(=O)C1CNc2ccccc2C1. The van der Waals surface area contributed by atoms with Gasteiger partial charge in [-0.25, -0.2) is 0 Å². The summed E-state index contributed by atoms with van der Waals surface area (Å²) < 4.78 is 0. The van der Waals surface area contributed by atoms with Crippen molar-refractivity contribution in [2.24, 2.45) is 5.92 Å². The normalized spacial score (nSPS) is 17.8. The molecule has 0 aromatic heterocycles. The van der Waals surface area contributed by atoms with E-state index in [0.29, 0.717) is 18.1 Å². The highest BCUT2D eigenvalue weighted by Crippen LogP contribution is 2.24. The second-order valence-electron chi connectivity index (χ2n) is 4.17. The maximum absolute atomic E-state index is 11.9. The molecule has 3 nitrogen and oxygen atoms in total. The number of benzene rings is 1. The number of carbonyl (C=O) groups excluding carboxylic acids is 1. The van der Waals surface area contributed by atoms with Crippen molar-refractivity contribution in [1.29, 1.82) is 0 Å². The summed E-state index contributed by atoms with van der Waals surface area (Å²) in [5, 5.41) is 6.48. The maximum Gasteiger partial charge on any atom is 0.225 e. The Balaban J connectivity index is 1.97. The summed E-state index contributed by atoms with van der Waals surface area (Å²) in [4.78, 5) is 11.9. The fourth-order valence-electron chi connectivity index (χ4n) is 1.95. The average molecular weight is 251 g/mol. The van der Waals surface area contributed by atoms with Gasteiger partial charge in [0.2, 0.25) is 5.91 Å². The molecule has 4 heteroatoms. The van der Waals surface area contributed by atoms with Gasteiger partial charge in [-0.05, 0) is 18.1 Å². The zero-order valence-electron chi connectivity index (χ0n) is 9.50. The number of halogens is 1. The van der Waals surface area contributed by atoms with Crippen molar-refractivity contribution in [3.8, 4) is 0 Å². The van der Waals surface area contributed by atoms with Crippen LogP contribution in [0.3, 0.4) is 0 Å². The Bertz CT molecular complexity index is 445. The highest BCUT2D eigenvalue weighted by atomic mass is 35.5. The van der Waals surface area contributed by atoms with Crippen LogP contribution in [0.1, 0.15) is 5.56 Å². The smallest absolute Gasteiger partial charge is 0.225 e. The molecule has 2 rings (SSSR count). The van der Waals surface area contributed by atoms with Gasteiger partial charge >= 0.3 is 0 Å². The number of nitrogens with one attached hydrogen (secondary N) is 2. The first-order valence-electron chi connectivity index (χ1n) is 5.59. The Morgan fingerprint density at radius 3 is 3.06 bits per heavy atom. The van der Waals surface area contributed by atoms with Gasteiger partial charge in [-0.15, -0.1) is 0 Å². The van der Waals surface area contributed by atoms with Gasteiger partial charge in [-0.1, -0.05) is 36.4 Å². The summed E-state index contributed by atoms with van der Waals surface area (Å²) in [7, 11) is 0. The first kappa shape index (κ1) is 12.0. The maximum atomic E-state index is 11.9. The molecule has 1 atom stereocenters. The van der Waals surface area contributed by atoms with Crippen LogP contribution >= 0.6 is 11.6 Å². The fraction of sp³-hybridized carbons (Fsp3) is 0.308. The standard InChI is InChI=1S/C13H15ClN2O/c1-9(14)7-16-13(17)11-6-10-4-2-3-5-12(10)15-8-11/h2-5,11,15H,1,6-8H2,(H,16,17). The Morgan fingerprint density at radius 2 is 2.29 bits per heavy atom. The summed E-state index contributed by atoms with van der Waals surface area (Å²) in [6, 6.07) is 8.05. The van der Waals surface area contributed by atoms with E-state index in [-0.39, 0.29) is 11.8 Å². The first-order chi connectivity index (χ1) is 8.16. The van der Waals surface area contributed by atoms with Gasteiger partial charge in [0, 0.05) is 17.3 Å². The lowest BCUT2D eigenvalue weighted by molar-refractivity contribution is -0.124. The number of hydrogen-bond acceptors (Lipinski definition) is 2. The van der Waals surface area contributed by atoms with E-state index in [1.807, 2.05) is 24.3 Å². The Kier molecular flexibility index (Phi) is 3.69. The molecule has 0 fully saturated rings. The molecule has 2 N–H and O–H groups in total. The number of anilines is 1. The molecule has 1 aromatic rings. The largest absolute Gasteiger partial charge is 0.384 e. The third-order valence-corrected chi connectivity index (χ3v) is 2.98. The van der Waals surface area contributed by atoms with Crippen molar-refractivity contribution in [1.82, 2.24) is 5.32 Å². The highest BCUT2D eigenvalue weighted by molar-refractivity contribution is 6.29. The van der Waals surface area contributed by atoms with Crippen LogP contribution in [0.5, 0.6) is 0 Å². The van der Waals surface area contributed by atoms with Crippen molar-refractivity contribution in [3.63, 3.8) is 0 Å². The van der Waals surface area contributed by atoms with E-state index in [4.69, 9.17) is 11.6 Å². The van der Waals surface area contributed by atoms with Gasteiger partial charge in [-0.3, -0.25) is 4.79 Å². The predicted molar refractivity (Wildman–Crippen MR) is 70.1 cm³/mol. The fourth-order valence-corrected chi connectivity index (χ4v) is 2.02. The summed E-state index contributed by atoms with van der Waals surface area (Å²) >= 11 is 5.62. The van der Waals surface area contributed by atoms with Gasteiger partial charge in [0.25, 0.3) is 0 Å². The van der Waals surface area contributed by atoms with Gasteiger partial charge in [0.15, 0.2) is 0 Å². The Hall–Kier alpha value is -1.48. The monoisotopic (exact) mass is 250 g/mol. The van der Waals surface area contributed by atoms with E-state index in [1.54, 1.807) is 0 Å². The number of rotatable bonds is 3. The molecule has 0 saturated carbocycles. The molecule has 1 aliphatic rings. The molecule has 0 spiro atoms. The minimum absolute atomic E-state index is 0.0220. The van der Waals surface area contributed by atoms with E-state index in [0.717, 1.165) is 12.1 Å². The van der Waals surface area contributed by atoms with Crippen LogP contribution in [-0.4, -0.2) is 19.0 Å². The number of amides is 1. The lowest BCUT2D eigenvalue weighted by atomic mass is 9.93. The van der Waals surface area contributed by atoms with Crippen LogP contribution in [0.2, 0.25) is 0 Å². The van der Waals surface area contributed by atoms with Crippen molar-refractivity contribution >= 4 is 23.2 Å². The molecule has 0 radical (unpaired) electrons. The minimum Gasteiger partial charge on any atom is -0.384 e. The minimum atomic E-state index is -0.0408. The molecule has 1 amide bonds. The molecule has 17 heavy (non-hydrogen) atoms. The van der Waals surface area contributed by atoms with Crippen molar-refractivity contribution in [2.75, 3.05) is 18.4 Å². The van der Waals surface area contributed by atoms with Crippen LogP contribution in [0.25, 0.3) is 0 Å². The Labute approximate surface area is 106 Å². The summed E-state index contributed by atoms with van der Waals surface area (Å²) in [5.74, 6) is -0.0188. The number of hydrogen-bond donors (Lipinski definition) is 2. The molecule has 0 saturated heterocycles. The molecule has 1 heterocycles. The van der Waals surface area contributed by atoms with Crippen LogP contribution < -0.4 is 10.6 Å². The molecule has 0 aliphatic carbocycles. The summed E-state index contributed by atoms with van der Waals surface area (Å²) in [6.45, 7) is 4.54. The number of para-hydroxylation sites is 1. The third-order valence-electron chi connectivity index (χ3n) is 2.85. The van der Waals surface area contributed by atoms with E-state index < -0.39 is 0 Å². The van der Waals surface area contributed by atoms with Crippen LogP contribution in [0, 0.1) is 5.92 Å². The van der Waals surface area contributed by atoms with E-state index >= 15 is 0 Å². The van der Waals surface area contributed by atoms with Crippen molar-refractivity contribution in [3.05, 3.63) is 41.4 Å². The second-order valence-corrected chi connectivity index (χ2v) is 4.71. The van der Waals surface area contributed by atoms with Crippen LogP contribution in [0.15, 0.2) is 35.9 Å². The lowest BCUT2D eigenvalue weighted by Crippen LogP contribution is -2.38. The molecule has 0 bridgehead atoms. The van der Waals surface area contributed by atoms with Gasteiger partial charge in [0.1, 0.15) is 0 Å². The zero-order chi connectivity index (χ0) is 12.3.